The molecule has 1 aromatic carbocycles. The van der Waals surface area contributed by atoms with Crippen molar-refractivity contribution in [3.63, 3.8) is 0 Å². The molecule has 1 atom stereocenters. The summed E-state index contributed by atoms with van der Waals surface area (Å²) >= 11 is 0. The highest BCUT2D eigenvalue weighted by Crippen LogP contribution is 2.36. The van der Waals surface area contributed by atoms with Crippen molar-refractivity contribution >= 4 is 5.91 Å². The number of hydrogen-bond donors (Lipinski definition) is 0. The van der Waals surface area contributed by atoms with Crippen LogP contribution in [0.5, 0.6) is 0 Å². The molecule has 0 radical (unpaired) electrons. The zero-order valence-corrected chi connectivity index (χ0v) is 14.8. The lowest BCUT2D eigenvalue weighted by atomic mass is 10.1. The van der Waals surface area contributed by atoms with Crippen LogP contribution in [0.25, 0.3) is 11.4 Å². The third kappa shape index (κ3) is 3.17. The van der Waals surface area contributed by atoms with Crippen LogP contribution in [-0.2, 0) is 12.7 Å². The second kappa shape index (κ2) is 6.63. The van der Waals surface area contributed by atoms with Crippen LogP contribution < -0.4 is 5.56 Å². The molecular formula is C18H15F2N5O3. The molecule has 8 nitrogen and oxygen atoms in total. The van der Waals surface area contributed by atoms with Gasteiger partial charge in [-0.05, 0) is 30.3 Å². The van der Waals surface area contributed by atoms with Crippen LogP contribution in [0.4, 0.5) is 8.78 Å². The van der Waals surface area contributed by atoms with Crippen molar-refractivity contribution in [2.75, 3.05) is 13.1 Å². The minimum atomic E-state index is -2.00. The predicted molar refractivity (Wildman–Crippen MR) is 92.5 cm³/mol. The van der Waals surface area contributed by atoms with Crippen molar-refractivity contribution in [2.45, 2.75) is 12.1 Å². The van der Waals surface area contributed by atoms with E-state index in [1.165, 1.54) is 48.3 Å². The fraction of sp³-hybridized carbons (Fsp3) is 0.278. The first-order valence-corrected chi connectivity index (χ1v) is 8.48. The van der Waals surface area contributed by atoms with Gasteiger partial charge in [-0.15, -0.1) is 0 Å². The molecule has 144 valence electrons. The Morgan fingerprint density at radius 2 is 1.96 bits per heavy atom. The number of amides is 1. The molecule has 1 aliphatic rings. The number of likely N-dealkylation sites (tertiary alicyclic amines) is 1. The molecule has 1 unspecified atom stereocenters. The summed E-state index contributed by atoms with van der Waals surface area (Å²) in [6.07, 6.45) is -0.0183. The zero-order chi connectivity index (χ0) is 19.9. The van der Waals surface area contributed by atoms with Gasteiger partial charge < -0.3 is 9.42 Å². The van der Waals surface area contributed by atoms with E-state index in [2.05, 4.69) is 15.2 Å². The molecule has 0 aliphatic carbocycles. The summed E-state index contributed by atoms with van der Waals surface area (Å²) in [5.74, 6) is -1.01. The van der Waals surface area contributed by atoms with Crippen molar-refractivity contribution in [2.24, 2.45) is 7.05 Å². The summed E-state index contributed by atoms with van der Waals surface area (Å²) in [5.41, 5.74) is -1.82. The van der Waals surface area contributed by atoms with Crippen LogP contribution in [0.1, 0.15) is 22.8 Å². The fourth-order valence-corrected chi connectivity index (χ4v) is 3.02. The van der Waals surface area contributed by atoms with Gasteiger partial charge in [0, 0.05) is 31.6 Å². The van der Waals surface area contributed by atoms with Gasteiger partial charge in [-0.3, -0.25) is 9.59 Å². The standard InChI is InChI=1S/C18H15F2N5O3/c1-24-14(26)7-6-13(22-24)16(27)25-9-8-18(20,10-25)17-21-15(23-28-17)11-2-4-12(19)5-3-11/h2-7H,8-10H2,1H3. The smallest absolute Gasteiger partial charge is 0.274 e. The average Bonchev–Trinajstić information content (AvgIpc) is 3.32. The second-order valence-corrected chi connectivity index (χ2v) is 6.55. The highest BCUT2D eigenvalue weighted by molar-refractivity contribution is 5.92. The van der Waals surface area contributed by atoms with Crippen LogP contribution in [0.2, 0.25) is 0 Å². The first-order valence-electron chi connectivity index (χ1n) is 8.48. The molecule has 1 amide bonds. The molecule has 10 heteroatoms. The molecule has 0 bridgehead atoms. The lowest BCUT2D eigenvalue weighted by Crippen LogP contribution is -2.34. The Bertz CT molecular complexity index is 1100. The minimum Gasteiger partial charge on any atom is -0.335 e. The molecule has 4 rings (SSSR count). The number of benzene rings is 1. The summed E-state index contributed by atoms with van der Waals surface area (Å²) in [7, 11) is 1.43. The van der Waals surface area contributed by atoms with Crippen molar-refractivity contribution in [3.05, 3.63) is 64.2 Å². The Balaban J connectivity index is 1.54. The number of aryl methyl sites for hydroxylation is 1. The molecule has 28 heavy (non-hydrogen) atoms. The van der Waals surface area contributed by atoms with E-state index >= 15 is 4.39 Å². The number of nitrogens with zero attached hydrogens (tertiary/aromatic N) is 5. The van der Waals surface area contributed by atoms with E-state index in [4.69, 9.17) is 4.52 Å². The second-order valence-electron chi connectivity index (χ2n) is 6.55. The SMILES string of the molecule is Cn1nc(C(=O)N2CCC(F)(c3nc(-c4ccc(F)cc4)no3)C2)ccc1=O. The van der Waals surface area contributed by atoms with Crippen LogP contribution in [0.3, 0.4) is 0 Å². The molecule has 1 fully saturated rings. The largest absolute Gasteiger partial charge is 0.335 e. The van der Waals surface area contributed by atoms with Gasteiger partial charge in [-0.25, -0.2) is 13.5 Å². The van der Waals surface area contributed by atoms with E-state index in [1.807, 2.05) is 0 Å². The summed E-state index contributed by atoms with van der Waals surface area (Å²) in [4.78, 5) is 29.3. The Labute approximate surface area is 157 Å². The van der Waals surface area contributed by atoms with Crippen LogP contribution in [0.15, 0.2) is 45.7 Å². The molecule has 3 heterocycles. The Morgan fingerprint density at radius 3 is 2.68 bits per heavy atom. The summed E-state index contributed by atoms with van der Waals surface area (Å²) in [6, 6.07) is 7.95. The van der Waals surface area contributed by atoms with Gasteiger partial charge in [0.25, 0.3) is 17.4 Å². The number of alkyl halides is 1. The molecule has 1 aliphatic heterocycles. The van der Waals surface area contributed by atoms with Gasteiger partial charge in [0.2, 0.25) is 11.5 Å². The molecule has 1 saturated heterocycles. The van der Waals surface area contributed by atoms with Gasteiger partial charge in [-0.2, -0.15) is 10.1 Å². The zero-order valence-electron chi connectivity index (χ0n) is 14.8. The van der Waals surface area contributed by atoms with E-state index < -0.39 is 17.4 Å². The Morgan fingerprint density at radius 1 is 1.21 bits per heavy atom. The van der Waals surface area contributed by atoms with Gasteiger partial charge in [0.05, 0.1) is 6.54 Å². The number of hydrogen-bond acceptors (Lipinski definition) is 6. The van der Waals surface area contributed by atoms with E-state index in [0.717, 1.165) is 4.68 Å². The maximum atomic E-state index is 15.4. The van der Waals surface area contributed by atoms with Gasteiger partial charge in [0.1, 0.15) is 11.5 Å². The maximum absolute atomic E-state index is 15.4. The number of carbonyl (C=O) groups is 1. The lowest BCUT2D eigenvalue weighted by Gasteiger charge is -2.17. The molecule has 0 N–H and O–H groups in total. The van der Waals surface area contributed by atoms with E-state index in [0.29, 0.717) is 5.56 Å². The van der Waals surface area contributed by atoms with Gasteiger partial charge in [-0.1, -0.05) is 5.16 Å². The van der Waals surface area contributed by atoms with Crippen LogP contribution >= 0.6 is 0 Å². The van der Waals surface area contributed by atoms with E-state index in [-0.39, 0.29) is 42.5 Å². The third-order valence-corrected chi connectivity index (χ3v) is 4.60. The molecule has 0 saturated carbocycles. The van der Waals surface area contributed by atoms with E-state index in [9.17, 15) is 14.0 Å². The molecule has 3 aromatic rings. The van der Waals surface area contributed by atoms with Crippen molar-refractivity contribution in [1.82, 2.24) is 24.8 Å². The highest BCUT2D eigenvalue weighted by Gasteiger charge is 2.46. The van der Waals surface area contributed by atoms with Crippen molar-refractivity contribution in [1.29, 1.82) is 0 Å². The monoisotopic (exact) mass is 387 g/mol. The fourth-order valence-electron chi connectivity index (χ4n) is 3.02. The Hall–Kier alpha value is -3.43. The third-order valence-electron chi connectivity index (χ3n) is 4.60. The predicted octanol–water partition coefficient (Wildman–Crippen LogP) is 1.68. The quantitative estimate of drug-likeness (QED) is 0.679. The summed E-state index contributed by atoms with van der Waals surface area (Å²) < 4.78 is 34.5. The number of halogens is 2. The highest BCUT2D eigenvalue weighted by atomic mass is 19.1. The summed E-state index contributed by atoms with van der Waals surface area (Å²) in [6.45, 7) is -0.143. The van der Waals surface area contributed by atoms with Crippen LogP contribution in [0, 0.1) is 5.82 Å². The number of aromatic nitrogens is 4. The van der Waals surface area contributed by atoms with Crippen molar-refractivity contribution < 1.29 is 18.1 Å². The average molecular weight is 387 g/mol. The van der Waals surface area contributed by atoms with Crippen molar-refractivity contribution in [3.8, 4) is 11.4 Å². The lowest BCUT2D eigenvalue weighted by molar-refractivity contribution is 0.0709. The maximum Gasteiger partial charge on any atom is 0.274 e. The van der Waals surface area contributed by atoms with Gasteiger partial charge in [0.15, 0.2) is 0 Å². The Kier molecular flexibility index (Phi) is 4.25. The van der Waals surface area contributed by atoms with Gasteiger partial charge >= 0.3 is 0 Å². The first-order chi connectivity index (χ1) is 13.4. The first kappa shape index (κ1) is 18.0. The minimum absolute atomic E-state index is 0.0183. The van der Waals surface area contributed by atoms with Crippen LogP contribution in [-0.4, -0.2) is 43.8 Å². The molecule has 0 spiro atoms. The van der Waals surface area contributed by atoms with E-state index in [1.54, 1.807) is 0 Å². The normalized spacial score (nSPS) is 19.2. The topological polar surface area (TPSA) is 94.1 Å². The molecule has 2 aromatic heterocycles. The number of carbonyl (C=O) groups excluding carboxylic acids is 1. The summed E-state index contributed by atoms with van der Waals surface area (Å²) in [5, 5.41) is 7.65. The molecular weight excluding hydrogens is 372 g/mol. The number of rotatable bonds is 3.